The molecule has 3 aromatic rings. The van der Waals surface area contributed by atoms with Crippen LogP contribution in [0.15, 0.2) is 54.9 Å². The molecule has 9 heteroatoms. The molecule has 0 bridgehead atoms. The number of carbonyl (C=O) groups excluding carboxylic acids is 1. The number of hydrogen-bond acceptors (Lipinski definition) is 8. The number of anilines is 5. The van der Waals surface area contributed by atoms with Crippen LogP contribution in [0.1, 0.15) is 10.4 Å². The van der Waals surface area contributed by atoms with Gasteiger partial charge in [0.1, 0.15) is 12.0 Å². The summed E-state index contributed by atoms with van der Waals surface area (Å²) in [7, 11) is 3.18. The second-order valence-electron chi connectivity index (χ2n) is 7.46. The number of nitrogens with zero attached hydrogens (tertiary/aromatic N) is 5. The highest BCUT2D eigenvalue weighted by molar-refractivity contribution is 6.30. The first-order valence-corrected chi connectivity index (χ1v) is 10.6. The van der Waals surface area contributed by atoms with E-state index >= 15 is 0 Å². The van der Waals surface area contributed by atoms with E-state index in [0.717, 1.165) is 36.9 Å². The zero-order valence-electron chi connectivity index (χ0n) is 18.0. The Labute approximate surface area is 192 Å². The Hall–Kier alpha value is -3.52. The fraction of sp³-hybridized carbons (Fsp3) is 0.261. The molecule has 1 aromatic heterocycles. The number of hydrogen-bond donors (Lipinski definition) is 1. The molecule has 1 fully saturated rings. The fourth-order valence-corrected chi connectivity index (χ4v) is 4.09. The molecule has 0 spiro atoms. The van der Waals surface area contributed by atoms with Gasteiger partial charge in [-0.25, -0.2) is 14.8 Å². The van der Waals surface area contributed by atoms with Gasteiger partial charge in [-0.05, 0) is 30.3 Å². The zero-order chi connectivity index (χ0) is 22.7. The van der Waals surface area contributed by atoms with Gasteiger partial charge < -0.3 is 25.2 Å². The van der Waals surface area contributed by atoms with Crippen molar-refractivity contribution in [2.24, 2.45) is 0 Å². The number of nitrogen functional groups attached to an aromatic ring is 1. The van der Waals surface area contributed by atoms with Crippen LogP contribution in [0.5, 0.6) is 0 Å². The van der Waals surface area contributed by atoms with Crippen molar-refractivity contribution in [3.05, 3.63) is 65.4 Å². The molecule has 0 unspecified atom stereocenters. The van der Waals surface area contributed by atoms with E-state index < -0.39 is 5.97 Å². The Bertz CT molecular complexity index is 1120. The number of piperazine rings is 1. The number of benzene rings is 2. The normalized spacial score (nSPS) is 13.7. The van der Waals surface area contributed by atoms with Crippen LogP contribution in [0.2, 0.25) is 5.02 Å². The maximum atomic E-state index is 12.2. The predicted octanol–water partition coefficient (Wildman–Crippen LogP) is 3.59. The van der Waals surface area contributed by atoms with E-state index in [9.17, 15) is 4.79 Å². The highest BCUT2D eigenvalue weighted by Crippen LogP contribution is 2.34. The second-order valence-corrected chi connectivity index (χ2v) is 7.89. The standard InChI is InChI=1S/C23H25ClN6O2/c1-28(19-9-4-3-8-18(19)23(31)32-2)21-20(25)22(27-15-26-21)30-12-10-29(11-13-30)17-7-5-6-16(24)14-17/h3-9,14-15H,10-13,25H2,1-2H3. The van der Waals surface area contributed by atoms with E-state index in [1.807, 2.05) is 37.4 Å². The Kier molecular flexibility index (Phi) is 6.32. The van der Waals surface area contributed by atoms with Gasteiger partial charge in [-0.1, -0.05) is 29.8 Å². The van der Waals surface area contributed by atoms with E-state index in [-0.39, 0.29) is 0 Å². The van der Waals surface area contributed by atoms with E-state index in [1.54, 1.807) is 17.0 Å². The number of halogens is 1. The number of ether oxygens (including phenoxy) is 1. The maximum absolute atomic E-state index is 12.2. The topological polar surface area (TPSA) is 87.8 Å². The SMILES string of the molecule is COC(=O)c1ccccc1N(C)c1ncnc(N2CCN(c3cccc(Cl)c3)CC2)c1N. The molecule has 0 atom stereocenters. The first-order valence-electron chi connectivity index (χ1n) is 10.3. The Balaban J connectivity index is 1.56. The van der Waals surface area contributed by atoms with Crippen molar-refractivity contribution in [2.45, 2.75) is 0 Å². The summed E-state index contributed by atoms with van der Waals surface area (Å²) in [5, 5.41) is 0.727. The van der Waals surface area contributed by atoms with Gasteiger partial charge >= 0.3 is 5.97 Å². The number of rotatable bonds is 5. The molecule has 2 heterocycles. The van der Waals surface area contributed by atoms with E-state index in [2.05, 4.69) is 25.8 Å². The Morgan fingerprint density at radius 1 is 1.06 bits per heavy atom. The minimum Gasteiger partial charge on any atom is -0.465 e. The molecular weight excluding hydrogens is 428 g/mol. The molecule has 2 aromatic carbocycles. The molecule has 0 amide bonds. The van der Waals surface area contributed by atoms with Gasteiger partial charge in [-0.2, -0.15) is 0 Å². The summed E-state index contributed by atoms with van der Waals surface area (Å²) in [5.74, 6) is 0.796. The van der Waals surface area contributed by atoms with Crippen LogP contribution < -0.4 is 20.4 Å². The Morgan fingerprint density at radius 2 is 1.78 bits per heavy atom. The molecule has 1 saturated heterocycles. The van der Waals surface area contributed by atoms with E-state index in [4.69, 9.17) is 22.1 Å². The van der Waals surface area contributed by atoms with E-state index in [1.165, 1.54) is 13.4 Å². The van der Waals surface area contributed by atoms with Crippen molar-refractivity contribution in [1.29, 1.82) is 0 Å². The van der Waals surface area contributed by atoms with Crippen LogP contribution in [-0.4, -0.2) is 56.3 Å². The van der Waals surface area contributed by atoms with Crippen molar-refractivity contribution >= 4 is 46.3 Å². The summed E-state index contributed by atoms with van der Waals surface area (Å²) in [6.07, 6.45) is 1.50. The average molecular weight is 453 g/mol. The monoisotopic (exact) mass is 452 g/mol. The minimum absolute atomic E-state index is 0.419. The van der Waals surface area contributed by atoms with Crippen molar-refractivity contribution in [1.82, 2.24) is 9.97 Å². The molecule has 8 nitrogen and oxygen atoms in total. The molecule has 0 radical (unpaired) electrons. The number of aromatic nitrogens is 2. The van der Waals surface area contributed by atoms with Crippen LogP contribution in [0.4, 0.5) is 28.7 Å². The first-order chi connectivity index (χ1) is 15.5. The maximum Gasteiger partial charge on any atom is 0.339 e. The van der Waals surface area contributed by atoms with Gasteiger partial charge in [-0.15, -0.1) is 0 Å². The van der Waals surface area contributed by atoms with Crippen LogP contribution >= 0.6 is 11.6 Å². The van der Waals surface area contributed by atoms with Crippen molar-refractivity contribution in [2.75, 3.05) is 60.8 Å². The summed E-state index contributed by atoms with van der Waals surface area (Å²) < 4.78 is 4.92. The van der Waals surface area contributed by atoms with Crippen LogP contribution in [0, 0.1) is 0 Å². The van der Waals surface area contributed by atoms with Gasteiger partial charge in [0.05, 0.1) is 18.4 Å². The lowest BCUT2D eigenvalue weighted by Gasteiger charge is -2.37. The van der Waals surface area contributed by atoms with Gasteiger partial charge in [0.15, 0.2) is 11.6 Å². The lowest BCUT2D eigenvalue weighted by Crippen LogP contribution is -2.47. The number of nitrogens with two attached hydrogens (primary N) is 1. The smallest absolute Gasteiger partial charge is 0.339 e. The lowest BCUT2D eigenvalue weighted by atomic mass is 10.1. The molecule has 0 saturated carbocycles. The van der Waals surface area contributed by atoms with Crippen LogP contribution in [0.3, 0.4) is 0 Å². The van der Waals surface area contributed by atoms with Gasteiger partial charge in [0.25, 0.3) is 0 Å². The molecule has 1 aliphatic heterocycles. The average Bonchev–Trinajstić information content (AvgIpc) is 2.83. The summed E-state index contributed by atoms with van der Waals surface area (Å²) >= 11 is 6.14. The minimum atomic E-state index is -0.419. The van der Waals surface area contributed by atoms with Crippen LogP contribution in [-0.2, 0) is 4.74 Å². The third kappa shape index (κ3) is 4.27. The number of para-hydroxylation sites is 1. The quantitative estimate of drug-likeness (QED) is 0.587. The van der Waals surface area contributed by atoms with Gasteiger partial charge in [0.2, 0.25) is 0 Å². The third-order valence-corrected chi connectivity index (χ3v) is 5.82. The van der Waals surface area contributed by atoms with Crippen LogP contribution in [0.25, 0.3) is 0 Å². The highest BCUT2D eigenvalue weighted by Gasteiger charge is 2.24. The van der Waals surface area contributed by atoms with Gasteiger partial charge in [-0.3, -0.25) is 0 Å². The molecular formula is C23H25ClN6O2. The van der Waals surface area contributed by atoms with Gasteiger partial charge in [0, 0.05) is 43.9 Å². The zero-order valence-corrected chi connectivity index (χ0v) is 18.8. The fourth-order valence-electron chi connectivity index (χ4n) is 3.91. The summed E-state index contributed by atoms with van der Waals surface area (Å²) in [4.78, 5) is 27.3. The second kappa shape index (κ2) is 9.32. The molecule has 0 aliphatic carbocycles. The van der Waals surface area contributed by atoms with Crippen molar-refractivity contribution < 1.29 is 9.53 Å². The number of methoxy groups -OCH3 is 1. The predicted molar refractivity (Wildman–Crippen MR) is 128 cm³/mol. The van der Waals surface area contributed by atoms with Crippen molar-refractivity contribution in [3.8, 4) is 0 Å². The summed E-state index contributed by atoms with van der Waals surface area (Å²) in [5.41, 5.74) is 9.18. The molecule has 166 valence electrons. The lowest BCUT2D eigenvalue weighted by molar-refractivity contribution is 0.0601. The molecule has 32 heavy (non-hydrogen) atoms. The number of carbonyl (C=O) groups is 1. The number of esters is 1. The van der Waals surface area contributed by atoms with E-state index in [0.29, 0.717) is 28.6 Å². The summed E-state index contributed by atoms with van der Waals surface area (Å²) in [6.45, 7) is 3.16. The highest BCUT2D eigenvalue weighted by atomic mass is 35.5. The molecule has 4 rings (SSSR count). The van der Waals surface area contributed by atoms with Crippen molar-refractivity contribution in [3.63, 3.8) is 0 Å². The third-order valence-electron chi connectivity index (χ3n) is 5.58. The molecule has 2 N–H and O–H groups in total. The largest absolute Gasteiger partial charge is 0.465 e. The summed E-state index contributed by atoms with van der Waals surface area (Å²) in [6, 6.07) is 15.1. The molecule has 1 aliphatic rings. The Morgan fingerprint density at radius 3 is 2.50 bits per heavy atom. The first kappa shape index (κ1) is 21.7.